The quantitative estimate of drug-likeness (QED) is 0.818. The largest absolute Gasteiger partial charge is 0.383 e. The summed E-state index contributed by atoms with van der Waals surface area (Å²) in [5, 5.41) is 3.54. The van der Waals surface area contributed by atoms with Crippen LogP contribution in [0.4, 0.5) is 5.69 Å². The Kier molecular flexibility index (Phi) is 5.19. The zero-order valence-corrected chi connectivity index (χ0v) is 13.2. The summed E-state index contributed by atoms with van der Waals surface area (Å²) in [5.74, 6) is 0.0511. The maximum Gasteiger partial charge on any atom is 0.240 e. The lowest BCUT2D eigenvalue weighted by atomic mass is 10.2. The number of carbonyl (C=O) groups excluding carboxylic acids is 2. The lowest BCUT2D eigenvalue weighted by Crippen LogP contribution is -2.44. The molecule has 0 aromatic carbocycles. The Morgan fingerprint density at radius 2 is 2.29 bits per heavy atom. The van der Waals surface area contributed by atoms with Gasteiger partial charge in [-0.2, -0.15) is 0 Å². The molecule has 1 aliphatic heterocycles. The van der Waals surface area contributed by atoms with Gasteiger partial charge in [0, 0.05) is 19.3 Å². The molecule has 1 N–H and O–H groups in total. The van der Waals surface area contributed by atoms with E-state index in [1.54, 1.807) is 7.11 Å². The number of methoxy groups -OCH3 is 1. The molecule has 1 aromatic heterocycles. The van der Waals surface area contributed by atoms with Crippen molar-refractivity contribution in [3.05, 3.63) is 17.3 Å². The fraction of sp³-hybridized carbons (Fsp3) is 0.500. The number of hydrogen-bond donors (Lipinski definition) is 1. The van der Waals surface area contributed by atoms with Crippen molar-refractivity contribution >= 4 is 29.3 Å². The van der Waals surface area contributed by atoms with Gasteiger partial charge >= 0.3 is 0 Å². The molecular weight excluding hydrogens is 290 g/mol. The van der Waals surface area contributed by atoms with Gasteiger partial charge in [-0.3, -0.25) is 14.5 Å². The molecule has 7 heteroatoms. The van der Waals surface area contributed by atoms with E-state index in [9.17, 15) is 9.59 Å². The number of rotatable bonds is 5. The van der Waals surface area contributed by atoms with Crippen LogP contribution in [0.15, 0.2) is 11.1 Å². The van der Waals surface area contributed by atoms with Crippen molar-refractivity contribution < 1.29 is 14.3 Å². The van der Waals surface area contributed by atoms with E-state index in [1.807, 2.05) is 19.9 Å². The standard InChI is InChI=1S/C14H19N3O3S/c1-9-6-10(2)16-14-13(9)17(12(19)8-21-14)7-11(18)15-4-5-20-3/h6H,4-5,7-8H2,1-3H3,(H,15,18). The molecule has 0 saturated heterocycles. The van der Waals surface area contributed by atoms with Crippen LogP contribution in [0.3, 0.4) is 0 Å². The van der Waals surface area contributed by atoms with Crippen molar-refractivity contribution in [3.63, 3.8) is 0 Å². The molecule has 21 heavy (non-hydrogen) atoms. The first kappa shape index (κ1) is 15.8. The molecule has 2 heterocycles. The van der Waals surface area contributed by atoms with E-state index >= 15 is 0 Å². The van der Waals surface area contributed by atoms with Gasteiger partial charge in [0.25, 0.3) is 0 Å². The normalized spacial score (nSPS) is 14.0. The molecule has 1 aliphatic rings. The molecule has 0 unspecified atom stereocenters. The highest BCUT2D eigenvalue weighted by atomic mass is 32.2. The number of fused-ring (bicyclic) bond motifs is 1. The number of pyridine rings is 1. The molecule has 0 radical (unpaired) electrons. The predicted molar refractivity (Wildman–Crippen MR) is 81.7 cm³/mol. The third-order valence-corrected chi connectivity index (χ3v) is 4.06. The molecule has 114 valence electrons. The molecule has 0 fully saturated rings. The Morgan fingerprint density at radius 3 is 3.00 bits per heavy atom. The number of aromatic nitrogens is 1. The van der Waals surface area contributed by atoms with E-state index in [-0.39, 0.29) is 18.4 Å². The van der Waals surface area contributed by atoms with E-state index in [0.717, 1.165) is 22.0 Å². The van der Waals surface area contributed by atoms with Gasteiger partial charge in [-0.1, -0.05) is 11.8 Å². The first-order valence-electron chi connectivity index (χ1n) is 6.70. The lowest BCUT2D eigenvalue weighted by Gasteiger charge is -2.29. The summed E-state index contributed by atoms with van der Waals surface area (Å²) in [6, 6.07) is 1.92. The van der Waals surface area contributed by atoms with Crippen LogP contribution in [0.2, 0.25) is 0 Å². The topological polar surface area (TPSA) is 71.5 Å². The van der Waals surface area contributed by atoms with E-state index in [0.29, 0.717) is 18.9 Å². The van der Waals surface area contributed by atoms with Gasteiger partial charge in [-0.15, -0.1) is 0 Å². The molecule has 2 rings (SSSR count). The number of carbonyl (C=O) groups is 2. The highest BCUT2D eigenvalue weighted by Gasteiger charge is 2.29. The number of amides is 2. The smallest absolute Gasteiger partial charge is 0.240 e. The monoisotopic (exact) mass is 309 g/mol. The van der Waals surface area contributed by atoms with Crippen LogP contribution in [-0.2, 0) is 14.3 Å². The molecule has 2 amide bonds. The van der Waals surface area contributed by atoms with Crippen LogP contribution in [0.25, 0.3) is 0 Å². The minimum Gasteiger partial charge on any atom is -0.383 e. The molecule has 0 bridgehead atoms. The fourth-order valence-corrected chi connectivity index (χ4v) is 3.25. The van der Waals surface area contributed by atoms with Crippen molar-refractivity contribution in [1.29, 1.82) is 0 Å². The van der Waals surface area contributed by atoms with Crippen LogP contribution in [0.5, 0.6) is 0 Å². The third kappa shape index (κ3) is 3.74. The van der Waals surface area contributed by atoms with Crippen LogP contribution in [-0.4, -0.2) is 49.4 Å². The summed E-state index contributed by atoms with van der Waals surface area (Å²) in [5.41, 5.74) is 2.63. The highest BCUT2D eigenvalue weighted by molar-refractivity contribution is 8.00. The van der Waals surface area contributed by atoms with Crippen LogP contribution >= 0.6 is 11.8 Å². The maximum absolute atomic E-state index is 12.1. The average Bonchev–Trinajstić information content (AvgIpc) is 2.42. The Morgan fingerprint density at radius 1 is 1.52 bits per heavy atom. The Bertz CT molecular complexity index is 563. The molecule has 0 aliphatic carbocycles. The minimum atomic E-state index is -0.196. The van der Waals surface area contributed by atoms with Crippen molar-refractivity contribution in [2.75, 3.05) is 37.5 Å². The predicted octanol–water partition coefficient (Wildman–Crippen LogP) is 0.900. The molecular formula is C14H19N3O3S. The number of aryl methyl sites for hydroxylation is 2. The molecule has 0 saturated carbocycles. The molecule has 0 spiro atoms. The summed E-state index contributed by atoms with van der Waals surface area (Å²) in [6.45, 7) is 4.76. The fourth-order valence-electron chi connectivity index (χ4n) is 2.22. The summed E-state index contributed by atoms with van der Waals surface area (Å²) >= 11 is 1.42. The zero-order valence-electron chi connectivity index (χ0n) is 12.4. The first-order valence-corrected chi connectivity index (χ1v) is 7.68. The Balaban J connectivity index is 2.17. The molecule has 1 aromatic rings. The van der Waals surface area contributed by atoms with Gasteiger partial charge in [0.05, 0.1) is 18.0 Å². The number of nitrogens with zero attached hydrogens (tertiary/aromatic N) is 2. The summed E-state index contributed by atoms with van der Waals surface area (Å²) in [4.78, 5) is 30.0. The van der Waals surface area contributed by atoms with E-state index in [4.69, 9.17) is 4.74 Å². The molecule has 6 nitrogen and oxygen atoms in total. The minimum absolute atomic E-state index is 0.0156. The number of nitrogens with one attached hydrogen (secondary N) is 1. The Hall–Kier alpha value is -1.60. The van der Waals surface area contributed by atoms with Gasteiger partial charge in [0.2, 0.25) is 11.8 Å². The van der Waals surface area contributed by atoms with Crippen molar-refractivity contribution in [2.24, 2.45) is 0 Å². The van der Waals surface area contributed by atoms with Crippen LogP contribution in [0.1, 0.15) is 11.3 Å². The average molecular weight is 309 g/mol. The van der Waals surface area contributed by atoms with E-state index in [2.05, 4.69) is 10.3 Å². The SMILES string of the molecule is COCCNC(=O)CN1C(=O)CSc2nc(C)cc(C)c21. The maximum atomic E-state index is 12.1. The second-order valence-corrected chi connectivity index (χ2v) is 5.81. The van der Waals surface area contributed by atoms with Crippen molar-refractivity contribution in [3.8, 4) is 0 Å². The number of ether oxygens (including phenoxy) is 1. The van der Waals surface area contributed by atoms with Crippen LogP contribution in [0, 0.1) is 13.8 Å². The van der Waals surface area contributed by atoms with E-state index in [1.165, 1.54) is 16.7 Å². The number of hydrogen-bond acceptors (Lipinski definition) is 5. The van der Waals surface area contributed by atoms with Gasteiger partial charge in [0.1, 0.15) is 11.6 Å². The number of anilines is 1. The first-order chi connectivity index (χ1) is 10.0. The second-order valence-electron chi connectivity index (χ2n) is 4.85. The van der Waals surface area contributed by atoms with Crippen molar-refractivity contribution in [1.82, 2.24) is 10.3 Å². The van der Waals surface area contributed by atoms with Crippen molar-refractivity contribution in [2.45, 2.75) is 18.9 Å². The summed E-state index contributed by atoms with van der Waals surface area (Å²) in [6.07, 6.45) is 0. The lowest BCUT2D eigenvalue weighted by molar-refractivity contribution is -0.123. The van der Waals surface area contributed by atoms with Crippen LogP contribution < -0.4 is 10.2 Å². The van der Waals surface area contributed by atoms with Gasteiger partial charge < -0.3 is 10.1 Å². The zero-order chi connectivity index (χ0) is 15.4. The molecule has 0 atom stereocenters. The Labute approximate surface area is 128 Å². The third-order valence-electron chi connectivity index (χ3n) is 3.11. The van der Waals surface area contributed by atoms with Gasteiger partial charge in [0.15, 0.2) is 0 Å². The van der Waals surface area contributed by atoms with Gasteiger partial charge in [-0.25, -0.2) is 4.98 Å². The summed E-state index contributed by atoms with van der Waals surface area (Å²) < 4.78 is 4.88. The summed E-state index contributed by atoms with van der Waals surface area (Å²) in [7, 11) is 1.57. The van der Waals surface area contributed by atoms with Gasteiger partial charge in [-0.05, 0) is 25.5 Å². The highest BCUT2D eigenvalue weighted by Crippen LogP contribution is 2.36. The second kappa shape index (κ2) is 6.91. The number of thioether (sulfide) groups is 1. The van der Waals surface area contributed by atoms with E-state index < -0.39 is 0 Å².